The normalized spacial score (nSPS) is 11.4. The lowest BCUT2D eigenvalue weighted by atomic mass is 10.1. The van der Waals surface area contributed by atoms with Crippen LogP contribution in [0.2, 0.25) is 19.6 Å². The van der Waals surface area contributed by atoms with Crippen molar-refractivity contribution in [3.8, 4) is 0 Å². The molecule has 0 fully saturated rings. The first-order chi connectivity index (χ1) is 13.4. The number of unbranched alkanes of at least 4 members (excludes halogenated alkanes) is 3. The molecule has 0 bridgehead atoms. The van der Waals surface area contributed by atoms with E-state index in [4.69, 9.17) is 9.47 Å². The van der Waals surface area contributed by atoms with E-state index in [9.17, 15) is 4.79 Å². The molecule has 0 saturated heterocycles. The number of hydrogen-bond donors (Lipinski definition) is 0. The number of benzene rings is 2. The van der Waals surface area contributed by atoms with Crippen LogP contribution in [0.1, 0.15) is 47.2 Å². The van der Waals surface area contributed by atoms with Gasteiger partial charge < -0.3 is 9.47 Å². The predicted molar refractivity (Wildman–Crippen MR) is 118 cm³/mol. The van der Waals surface area contributed by atoms with Crippen LogP contribution in [0.5, 0.6) is 0 Å². The van der Waals surface area contributed by atoms with Crippen LogP contribution < -0.4 is 0 Å². The standard InChI is InChI=1S/C24H34O3Si/c1-28(2,3)20-22-15-13-21(14-16-22)19-26-17-9-4-5-10-18-27-24(25)23-11-7-6-8-12-23/h6-8,11-16H,4-5,9-10,17-20H2,1-3H3. The summed E-state index contributed by atoms with van der Waals surface area (Å²) < 4.78 is 11.1. The number of rotatable bonds is 12. The van der Waals surface area contributed by atoms with Crippen LogP contribution in [0.15, 0.2) is 54.6 Å². The first-order valence-corrected chi connectivity index (χ1v) is 14.0. The molecule has 0 aliphatic rings. The van der Waals surface area contributed by atoms with Crippen molar-refractivity contribution in [2.24, 2.45) is 0 Å². The van der Waals surface area contributed by atoms with Gasteiger partial charge in [-0.1, -0.05) is 74.1 Å². The first-order valence-electron chi connectivity index (χ1n) is 10.3. The fourth-order valence-electron chi connectivity index (χ4n) is 3.04. The summed E-state index contributed by atoms with van der Waals surface area (Å²) in [5.41, 5.74) is 3.30. The van der Waals surface area contributed by atoms with Gasteiger partial charge in [0.15, 0.2) is 0 Å². The molecule has 0 aromatic heterocycles. The fourth-order valence-corrected chi connectivity index (χ4v) is 4.50. The third-order valence-corrected chi connectivity index (χ3v) is 5.92. The lowest BCUT2D eigenvalue weighted by molar-refractivity contribution is 0.0496. The molecule has 0 N–H and O–H groups in total. The Hall–Kier alpha value is -1.91. The van der Waals surface area contributed by atoms with E-state index in [-0.39, 0.29) is 5.97 Å². The summed E-state index contributed by atoms with van der Waals surface area (Å²) in [6, 6.07) is 19.2. The van der Waals surface area contributed by atoms with Crippen LogP contribution in [0.25, 0.3) is 0 Å². The molecule has 0 atom stereocenters. The molecule has 0 aliphatic heterocycles. The SMILES string of the molecule is C[Si](C)(C)Cc1ccc(COCCCCCCOC(=O)c2ccccc2)cc1. The van der Waals surface area contributed by atoms with E-state index >= 15 is 0 Å². The van der Waals surface area contributed by atoms with Gasteiger partial charge in [-0.25, -0.2) is 4.79 Å². The zero-order chi connectivity index (χ0) is 20.2. The van der Waals surface area contributed by atoms with E-state index in [2.05, 4.69) is 43.9 Å². The molecular formula is C24H34O3Si. The maximum absolute atomic E-state index is 11.8. The zero-order valence-corrected chi connectivity index (χ0v) is 18.6. The van der Waals surface area contributed by atoms with Crippen molar-refractivity contribution >= 4 is 14.0 Å². The monoisotopic (exact) mass is 398 g/mol. The van der Waals surface area contributed by atoms with Gasteiger partial charge in [0.2, 0.25) is 0 Å². The van der Waals surface area contributed by atoms with Gasteiger partial charge in [-0.3, -0.25) is 0 Å². The van der Waals surface area contributed by atoms with E-state index in [1.165, 1.54) is 17.2 Å². The third kappa shape index (κ3) is 9.33. The van der Waals surface area contributed by atoms with Crippen LogP contribution in [-0.4, -0.2) is 27.3 Å². The van der Waals surface area contributed by atoms with E-state index in [1.807, 2.05) is 18.2 Å². The van der Waals surface area contributed by atoms with Gasteiger partial charge in [-0.2, -0.15) is 0 Å². The highest BCUT2D eigenvalue weighted by Gasteiger charge is 2.13. The molecule has 152 valence electrons. The van der Waals surface area contributed by atoms with Gasteiger partial charge >= 0.3 is 5.97 Å². The van der Waals surface area contributed by atoms with Crippen LogP contribution in [-0.2, 0) is 22.1 Å². The molecule has 0 saturated carbocycles. The van der Waals surface area contributed by atoms with Crippen molar-refractivity contribution < 1.29 is 14.3 Å². The molecule has 0 amide bonds. The van der Waals surface area contributed by atoms with E-state index in [0.717, 1.165) is 32.3 Å². The average Bonchev–Trinajstić information content (AvgIpc) is 2.67. The van der Waals surface area contributed by atoms with Crippen LogP contribution in [0.4, 0.5) is 0 Å². The van der Waals surface area contributed by atoms with E-state index in [0.29, 0.717) is 18.8 Å². The molecule has 28 heavy (non-hydrogen) atoms. The van der Waals surface area contributed by atoms with Gasteiger partial charge in [0.05, 0.1) is 18.8 Å². The zero-order valence-electron chi connectivity index (χ0n) is 17.6. The number of esters is 1. The Kier molecular flexibility index (Phi) is 9.45. The second kappa shape index (κ2) is 11.8. The Morgan fingerprint density at radius 3 is 2.04 bits per heavy atom. The molecule has 2 aromatic carbocycles. The maximum atomic E-state index is 11.8. The third-order valence-electron chi connectivity index (χ3n) is 4.45. The Balaban J connectivity index is 1.48. The molecule has 2 aromatic rings. The molecule has 0 radical (unpaired) electrons. The predicted octanol–water partition coefficient (Wildman–Crippen LogP) is 6.04. The molecule has 0 spiro atoms. The number of hydrogen-bond acceptors (Lipinski definition) is 3. The molecule has 0 heterocycles. The highest BCUT2D eigenvalue weighted by Crippen LogP contribution is 2.13. The lowest BCUT2D eigenvalue weighted by Gasteiger charge is -2.15. The summed E-state index contributed by atoms with van der Waals surface area (Å²) in [6.07, 6.45) is 4.09. The Morgan fingerprint density at radius 1 is 0.786 bits per heavy atom. The summed E-state index contributed by atoms with van der Waals surface area (Å²) in [5.74, 6) is -0.236. The van der Waals surface area contributed by atoms with Crippen molar-refractivity contribution in [3.05, 3.63) is 71.3 Å². The van der Waals surface area contributed by atoms with Crippen molar-refractivity contribution in [1.82, 2.24) is 0 Å². The summed E-state index contributed by atoms with van der Waals surface area (Å²) in [7, 11) is -1.05. The largest absolute Gasteiger partial charge is 0.462 e. The average molecular weight is 399 g/mol. The van der Waals surface area contributed by atoms with Gasteiger partial charge in [-0.05, 0) is 43.0 Å². The maximum Gasteiger partial charge on any atom is 0.338 e. The smallest absolute Gasteiger partial charge is 0.338 e. The second-order valence-electron chi connectivity index (χ2n) is 8.52. The Labute approximate surface area is 171 Å². The Bertz CT molecular complexity index is 690. The quantitative estimate of drug-likeness (QED) is 0.248. The van der Waals surface area contributed by atoms with Crippen molar-refractivity contribution in [1.29, 1.82) is 0 Å². The minimum atomic E-state index is -1.05. The van der Waals surface area contributed by atoms with Crippen molar-refractivity contribution in [2.75, 3.05) is 13.2 Å². The number of carbonyl (C=O) groups is 1. The summed E-state index contributed by atoms with van der Waals surface area (Å²) >= 11 is 0. The molecule has 4 heteroatoms. The highest BCUT2D eigenvalue weighted by atomic mass is 28.3. The number of carbonyl (C=O) groups excluding carboxylic acids is 1. The molecule has 0 unspecified atom stereocenters. The van der Waals surface area contributed by atoms with Gasteiger partial charge in [0.25, 0.3) is 0 Å². The molecule has 2 rings (SSSR count). The Morgan fingerprint density at radius 2 is 1.39 bits per heavy atom. The van der Waals surface area contributed by atoms with E-state index < -0.39 is 8.07 Å². The van der Waals surface area contributed by atoms with Gasteiger partial charge in [-0.15, -0.1) is 0 Å². The second-order valence-corrected chi connectivity index (χ2v) is 14.0. The molecule has 3 nitrogen and oxygen atoms in total. The van der Waals surface area contributed by atoms with E-state index in [1.54, 1.807) is 12.1 Å². The lowest BCUT2D eigenvalue weighted by Crippen LogP contribution is -2.23. The molecule has 0 aliphatic carbocycles. The van der Waals surface area contributed by atoms with Crippen molar-refractivity contribution in [2.45, 2.75) is 58.0 Å². The van der Waals surface area contributed by atoms with Crippen molar-refractivity contribution in [3.63, 3.8) is 0 Å². The topological polar surface area (TPSA) is 35.5 Å². The highest BCUT2D eigenvalue weighted by molar-refractivity contribution is 6.75. The molecular weight excluding hydrogens is 364 g/mol. The summed E-state index contributed by atoms with van der Waals surface area (Å²) in [4.78, 5) is 11.8. The number of ether oxygens (including phenoxy) is 2. The van der Waals surface area contributed by atoms with Gasteiger partial charge in [0, 0.05) is 14.7 Å². The van der Waals surface area contributed by atoms with Crippen LogP contribution in [0.3, 0.4) is 0 Å². The minimum absolute atomic E-state index is 0.236. The van der Waals surface area contributed by atoms with Crippen LogP contribution >= 0.6 is 0 Å². The minimum Gasteiger partial charge on any atom is -0.462 e. The van der Waals surface area contributed by atoms with Crippen LogP contribution in [0, 0.1) is 0 Å². The fraction of sp³-hybridized carbons (Fsp3) is 0.458. The summed E-state index contributed by atoms with van der Waals surface area (Å²) in [6.45, 7) is 9.15. The van der Waals surface area contributed by atoms with Gasteiger partial charge in [0.1, 0.15) is 0 Å². The summed E-state index contributed by atoms with van der Waals surface area (Å²) in [5, 5.41) is 0. The first kappa shape index (κ1) is 22.4.